The van der Waals surface area contributed by atoms with Crippen LogP contribution in [0, 0.1) is 30.5 Å². The van der Waals surface area contributed by atoms with Crippen molar-refractivity contribution in [2.24, 2.45) is 17.8 Å². The van der Waals surface area contributed by atoms with E-state index in [1.807, 2.05) is 13.0 Å². The highest BCUT2D eigenvalue weighted by molar-refractivity contribution is 5.26. The predicted octanol–water partition coefficient (Wildman–Crippen LogP) is 4.15. The average Bonchev–Trinajstić information content (AvgIpc) is 2.25. The molecule has 18 heavy (non-hydrogen) atoms. The van der Waals surface area contributed by atoms with Gasteiger partial charge in [-0.05, 0) is 54.5 Å². The zero-order valence-corrected chi connectivity index (χ0v) is 12.3. The molecule has 102 valence electrons. The molecule has 0 aromatic heterocycles. The minimum absolute atomic E-state index is 0.154. The summed E-state index contributed by atoms with van der Waals surface area (Å²) in [5, 5.41) is 3.50. The van der Waals surface area contributed by atoms with Crippen LogP contribution in [0.1, 0.15) is 38.8 Å². The van der Waals surface area contributed by atoms with Crippen molar-refractivity contribution in [2.45, 2.75) is 41.2 Å². The molecule has 0 aliphatic rings. The van der Waals surface area contributed by atoms with E-state index < -0.39 is 0 Å². The zero-order valence-electron chi connectivity index (χ0n) is 12.3. The van der Waals surface area contributed by atoms with Crippen molar-refractivity contribution in [1.29, 1.82) is 0 Å². The summed E-state index contributed by atoms with van der Waals surface area (Å²) in [4.78, 5) is 0. The molecule has 2 heteroatoms. The van der Waals surface area contributed by atoms with E-state index in [4.69, 9.17) is 0 Å². The Morgan fingerprint density at radius 1 is 1.11 bits per heavy atom. The van der Waals surface area contributed by atoms with E-state index in [0.29, 0.717) is 17.8 Å². The summed E-state index contributed by atoms with van der Waals surface area (Å²) >= 11 is 0. The van der Waals surface area contributed by atoms with E-state index in [0.717, 1.165) is 18.7 Å². The van der Waals surface area contributed by atoms with Crippen molar-refractivity contribution < 1.29 is 4.39 Å². The first-order valence-electron chi connectivity index (χ1n) is 6.87. The normalized spacial score (nSPS) is 11.8. The number of aryl methyl sites for hydroxylation is 1. The fourth-order valence-corrected chi connectivity index (χ4v) is 2.47. The van der Waals surface area contributed by atoms with Gasteiger partial charge in [0.25, 0.3) is 0 Å². The van der Waals surface area contributed by atoms with Crippen molar-refractivity contribution in [2.75, 3.05) is 6.54 Å². The van der Waals surface area contributed by atoms with Crippen molar-refractivity contribution in [1.82, 2.24) is 5.32 Å². The molecule has 1 aromatic carbocycles. The van der Waals surface area contributed by atoms with E-state index in [9.17, 15) is 4.39 Å². The van der Waals surface area contributed by atoms with Crippen LogP contribution in [0.4, 0.5) is 4.39 Å². The Bertz CT molecular complexity index is 363. The molecule has 0 heterocycles. The third-order valence-electron chi connectivity index (χ3n) is 3.71. The molecule has 1 aromatic rings. The van der Waals surface area contributed by atoms with Crippen LogP contribution in [-0.4, -0.2) is 6.54 Å². The van der Waals surface area contributed by atoms with Crippen LogP contribution in [0.15, 0.2) is 18.2 Å². The average molecular weight is 251 g/mol. The van der Waals surface area contributed by atoms with Gasteiger partial charge in [-0.3, -0.25) is 0 Å². The minimum atomic E-state index is -0.154. The van der Waals surface area contributed by atoms with E-state index in [-0.39, 0.29) is 5.82 Å². The highest BCUT2D eigenvalue weighted by atomic mass is 19.1. The lowest BCUT2D eigenvalue weighted by Crippen LogP contribution is -2.29. The van der Waals surface area contributed by atoms with Crippen molar-refractivity contribution in [3.63, 3.8) is 0 Å². The molecule has 1 rings (SSSR count). The zero-order chi connectivity index (χ0) is 13.7. The van der Waals surface area contributed by atoms with Crippen LogP contribution in [0.25, 0.3) is 0 Å². The second-order valence-electron chi connectivity index (χ2n) is 5.85. The summed E-state index contributed by atoms with van der Waals surface area (Å²) in [6, 6.07) is 5.00. The van der Waals surface area contributed by atoms with Gasteiger partial charge in [-0.1, -0.05) is 33.8 Å². The molecule has 0 unspecified atom stereocenters. The van der Waals surface area contributed by atoms with E-state index >= 15 is 0 Å². The molecule has 0 fully saturated rings. The van der Waals surface area contributed by atoms with Crippen LogP contribution >= 0.6 is 0 Å². The number of rotatable bonds is 6. The third-order valence-corrected chi connectivity index (χ3v) is 3.71. The molecule has 0 saturated carbocycles. The first kappa shape index (κ1) is 15.2. The van der Waals surface area contributed by atoms with Crippen molar-refractivity contribution in [3.8, 4) is 0 Å². The molecule has 0 amide bonds. The van der Waals surface area contributed by atoms with Crippen molar-refractivity contribution >= 4 is 0 Å². The molecule has 1 N–H and O–H groups in total. The number of benzene rings is 1. The Hall–Kier alpha value is -0.890. The van der Waals surface area contributed by atoms with Crippen LogP contribution < -0.4 is 5.32 Å². The molecule has 0 aliphatic heterocycles. The fraction of sp³-hybridized carbons (Fsp3) is 0.625. The van der Waals surface area contributed by atoms with Gasteiger partial charge in [-0.2, -0.15) is 0 Å². The Labute approximate surface area is 111 Å². The first-order chi connectivity index (χ1) is 8.41. The summed E-state index contributed by atoms with van der Waals surface area (Å²) in [6.45, 7) is 12.9. The standard InChI is InChI=1S/C16H26FN/c1-11(2)16(12(3)4)10-18-9-14-6-7-15(17)8-13(14)5/h6-8,11-12,16,18H,9-10H2,1-5H3. The molecule has 0 atom stereocenters. The van der Waals surface area contributed by atoms with Crippen LogP contribution in [0.5, 0.6) is 0 Å². The number of hydrogen-bond donors (Lipinski definition) is 1. The van der Waals surface area contributed by atoms with Crippen LogP contribution in [0.2, 0.25) is 0 Å². The molecule has 0 bridgehead atoms. The van der Waals surface area contributed by atoms with Gasteiger partial charge in [0, 0.05) is 6.54 Å². The highest BCUT2D eigenvalue weighted by Crippen LogP contribution is 2.19. The Kier molecular flexibility index (Phi) is 5.80. The van der Waals surface area contributed by atoms with Gasteiger partial charge in [0.2, 0.25) is 0 Å². The Balaban J connectivity index is 2.50. The van der Waals surface area contributed by atoms with Gasteiger partial charge in [-0.15, -0.1) is 0 Å². The number of nitrogens with one attached hydrogen (secondary N) is 1. The SMILES string of the molecule is Cc1cc(F)ccc1CNCC(C(C)C)C(C)C. The largest absolute Gasteiger partial charge is 0.312 e. The monoisotopic (exact) mass is 251 g/mol. The minimum Gasteiger partial charge on any atom is -0.312 e. The number of hydrogen-bond acceptors (Lipinski definition) is 1. The fourth-order valence-electron chi connectivity index (χ4n) is 2.47. The molecular formula is C16H26FN. The van der Waals surface area contributed by atoms with E-state index in [2.05, 4.69) is 33.0 Å². The van der Waals surface area contributed by atoms with Crippen LogP contribution in [-0.2, 0) is 6.54 Å². The second kappa shape index (κ2) is 6.89. The third kappa shape index (κ3) is 4.41. The lowest BCUT2D eigenvalue weighted by Gasteiger charge is -2.25. The Morgan fingerprint density at radius 2 is 1.72 bits per heavy atom. The van der Waals surface area contributed by atoms with Gasteiger partial charge in [0.1, 0.15) is 5.82 Å². The van der Waals surface area contributed by atoms with Crippen LogP contribution in [0.3, 0.4) is 0 Å². The summed E-state index contributed by atoms with van der Waals surface area (Å²) in [7, 11) is 0. The topological polar surface area (TPSA) is 12.0 Å². The van der Waals surface area contributed by atoms with Gasteiger partial charge >= 0.3 is 0 Å². The summed E-state index contributed by atoms with van der Waals surface area (Å²) in [6.07, 6.45) is 0. The molecule has 0 saturated heterocycles. The molecule has 0 aliphatic carbocycles. The number of halogens is 1. The van der Waals surface area contributed by atoms with Gasteiger partial charge in [-0.25, -0.2) is 4.39 Å². The van der Waals surface area contributed by atoms with E-state index in [1.54, 1.807) is 6.07 Å². The summed E-state index contributed by atoms with van der Waals surface area (Å²) in [5.41, 5.74) is 2.20. The maximum atomic E-state index is 13.0. The quantitative estimate of drug-likeness (QED) is 0.801. The van der Waals surface area contributed by atoms with E-state index in [1.165, 1.54) is 11.6 Å². The smallest absolute Gasteiger partial charge is 0.123 e. The van der Waals surface area contributed by atoms with Gasteiger partial charge < -0.3 is 5.32 Å². The summed E-state index contributed by atoms with van der Waals surface area (Å²) in [5.74, 6) is 1.91. The molecule has 1 nitrogen and oxygen atoms in total. The summed E-state index contributed by atoms with van der Waals surface area (Å²) < 4.78 is 13.0. The van der Waals surface area contributed by atoms with Crippen molar-refractivity contribution in [3.05, 3.63) is 35.1 Å². The molecule has 0 spiro atoms. The lowest BCUT2D eigenvalue weighted by atomic mass is 9.85. The Morgan fingerprint density at radius 3 is 2.22 bits per heavy atom. The second-order valence-corrected chi connectivity index (χ2v) is 5.85. The first-order valence-corrected chi connectivity index (χ1v) is 6.87. The predicted molar refractivity (Wildman–Crippen MR) is 76.0 cm³/mol. The maximum Gasteiger partial charge on any atom is 0.123 e. The molecule has 0 radical (unpaired) electrons. The highest BCUT2D eigenvalue weighted by Gasteiger charge is 2.16. The molecular weight excluding hydrogens is 225 g/mol. The maximum absolute atomic E-state index is 13.0. The lowest BCUT2D eigenvalue weighted by molar-refractivity contribution is 0.275. The van der Waals surface area contributed by atoms with Gasteiger partial charge in [0.05, 0.1) is 0 Å². The van der Waals surface area contributed by atoms with Gasteiger partial charge in [0.15, 0.2) is 0 Å².